The maximum absolute atomic E-state index is 13.9. The zero-order valence-corrected chi connectivity index (χ0v) is 19.4. The number of hydrogen-bond donors (Lipinski definition) is 3. The van der Waals surface area contributed by atoms with Crippen LogP contribution in [0.4, 0.5) is 32.0 Å². The summed E-state index contributed by atoms with van der Waals surface area (Å²) in [5.41, 5.74) is -1.25. The summed E-state index contributed by atoms with van der Waals surface area (Å²) in [5.74, 6) is -2.88. The molecule has 37 heavy (non-hydrogen) atoms. The molecule has 1 aliphatic carbocycles. The average molecular weight is 534 g/mol. The molecule has 5 rings (SSSR count). The minimum Gasteiger partial charge on any atom is -0.416 e. The summed E-state index contributed by atoms with van der Waals surface area (Å²) in [6, 6.07) is 0.144. The van der Waals surface area contributed by atoms with Gasteiger partial charge in [0.2, 0.25) is 5.60 Å². The average Bonchev–Trinajstić information content (AvgIpc) is 3.23. The number of pyridine rings is 1. The fourth-order valence-corrected chi connectivity index (χ4v) is 5.29. The van der Waals surface area contributed by atoms with Crippen molar-refractivity contribution in [1.29, 1.82) is 0 Å². The van der Waals surface area contributed by atoms with Crippen LogP contribution in [0.15, 0.2) is 10.5 Å². The first-order chi connectivity index (χ1) is 17.2. The van der Waals surface area contributed by atoms with Gasteiger partial charge in [-0.25, -0.2) is 4.98 Å². The smallest absolute Gasteiger partial charge is 0.416 e. The van der Waals surface area contributed by atoms with Gasteiger partial charge in [-0.1, -0.05) is 6.42 Å². The number of alkyl halides is 6. The molecule has 4 bridgehead atoms. The van der Waals surface area contributed by atoms with Crippen molar-refractivity contribution in [3.63, 3.8) is 0 Å². The lowest BCUT2D eigenvalue weighted by Crippen LogP contribution is -2.65. The van der Waals surface area contributed by atoms with Crippen molar-refractivity contribution >= 4 is 11.6 Å². The summed E-state index contributed by atoms with van der Waals surface area (Å²) in [4.78, 5) is 18.7. The van der Waals surface area contributed by atoms with Gasteiger partial charge in [-0.15, -0.1) is 10.2 Å². The summed E-state index contributed by atoms with van der Waals surface area (Å²) < 4.78 is 88.4. The fraction of sp³-hybridized carbons (Fsp3) is 0.636. The Morgan fingerprint density at radius 3 is 2.38 bits per heavy atom. The number of nitrogens with zero attached hydrogens (tertiary/aromatic N) is 4. The van der Waals surface area contributed by atoms with Crippen LogP contribution in [-0.4, -0.2) is 62.9 Å². The Kier molecular flexibility index (Phi) is 5.94. The lowest BCUT2D eigenvalue weighted by Gasteiger charge is -2.57. The number of amides is 1. The molecule has 4 heterocycles. The van der Waals surface area contributed by atoms with Crippen molar-refractivity contribution in [2.24, 2.45) is 5.41 Å². The first kappa shape index (κ1) is 25.7. The van der Waals surface area contributed by atoms with E-state index in [1.807, 2.05) is 0 Å². The number of carbonyl (C=O) groups excluding carboxylic acids is 1. The highest BCUT2D eigenvalue weighted by Crippen LogP contribution is 2.48. The number of halogens is 6. The molecule has 2 aromatic heterocycles. The molecule has 1 saturated carbocycles. The standard InChI is InChI=1S/C22H24F6N6O3/c23-21(24,25)12-6-13(29)15-16-32-33-18(37-16)20(36,22(26,27)28)4-2-1-3-5-34(17(35)14(12)31-15)11-7-19(8-11)9-30-10-19/h6,11,30,36H,1-5,7-10,29H2. The molecule has 1 saturated heterocycles. The largest absolute Gasteiger partial charge is 0.426 e. The number of aromatic nitrogens is 3. The summed E-state index contributed by atoms with van der Waals surface area (Å²) in [6.07, 6.45) is -9.51. The third-order valence-corrected chi connectivity index (χ3v) is 7.49. The van der Waals surface area contributed by atoms with E-state index in [2.05, 4.69) is 20.5 Å². The maximum Gasteiger partial charge on any atom is 0.426 e. The van der Waals surface area contributed by atoms with Crippen molar-refractivity contribution in [3.05, 3.63) is 23.2 Å². The lowest BCUT2D eigenvalue weighted by atomic mass is 9.61. The molecule has 0 aromatic carbocycles. The van der Waals surface area contributed by atoms with Gasteiger partial charge in [-0.2, -0.15) is 26.3 Å². The highest BCUT2D eigenvalue weighted by Gasteiger charge is 2.58. The van der Waals surface area contributed by atoms with Gasteiger partial charge in [-0.05, 0) is 43.6 Å². The monoisotopic (exact) mass is 534 g/mol. The van der Waals surface area contributed by atoms with Gasteiger partial charge in [0.25, 0.3) is 17.7 Å². The topological polar surface area (TPSA) is 130 Å². The highest BCUT2D eigenvalue weighted by molar-refractivity contribution is 5.95. The van der Waals surface area contributed by atoms with Crippen LogP contribution in [0.25, 0.3) is 11.6 Å². The molecule has 4 N–H and O–H groups in total. The Bertz CT molecular complexity index is 1200. The third kappa shape index (κ3) is 4.31. The van der Waals surface area contributed by atoms with Crippen LogP contribution in [0.3, 0.4) is 0 Å². The molecule has 2 aliphatic heterocycles. The number of nitrogen functional groups attached to an aromatic ring is 1. The van der Waals surface area contributed by atoms with Gasteiger partial charge in [0.15, 0.2) is 5.69 Å². The number of rotatable bonds is 1. The lowest BCUT2D eigenvalue weighted by molar-refractivity contribution is -0.277. The van der Waals surface area contributed by atoms with Gasteiger partial charge < -0.3 is 25.5 Å². The summed E-state index contributed by atoms with van der Waals surface area (Å²) >= 11 is 0. The molecule has 2 aromatic rings. The van der Waals surface area contributed by atoms with Crippen LogP contribution >= 0.6 is 0 Å². The third-order valence-electron chi connectivity index (χ3n) is 7.49. The van der Waals surface area contributed by atoms with E-state index in [0.29, 0.717) is 18.9 Å². The van der Waals surface area contributed by atoms with E-state index in [0.717, 1.165) is 13.1 Å². The summed E-state index contributed by atoms with van der Waals surface area (Å²) in [6.45, 7) is 1.52. The number of carbonyl (C=O) groups is 1. The SMILES string of the molecule is Nc1cc(C(F)(F)F)c2nc1-c1nnc(o1)C(O)(C(F)(F)F)CCCCCN(C1CC3(CNC3)C1)C2=O. The predicted octanol–water partition coefficient (Wildman–Crippen LogP) is 3.25. The van der Waals surface area contributed by atoms with Gasteiger partial charge in [0, 0.05) is 25.7 Å². The van der Waals surface area contributed by atoms with Crippen molar-refractivity contribution in [3.8, 4) is 11.6 Å². The van der Waals surface area contributed by atoms with Crippen LogP contribution in [0, 0.1) is 5.41 Å². The number of fused-ring (bicyclic) bond motifs is 5. The van der Waals surface area contributed by atoms with E-state index in [-0.39, 0.29) is 37.3 Å². The Morgan fingerprint density at radius 1 is 1.08 bits per heavy atom. The first-order valence-corrected chi connectivity index (χ1v) is 11.8. The van der Waals surface area contributed by atoms with Crippen molar-refractivity contribution < 1.29 is 40.7 Å². The van der Waals surface area contributed by atoms with Crippen LogP contribution < -0.4 is 11.1 Å². The zero-order chi connectivity index (χ0) is 26.8. The Balaban J connectivity index is 1.61. The van der Waals surface area contributed by atoms with Gasteiger partial charge >= 0.3 is 12.4 Å². The number of nitrogens with two attached hydrogens (primary N) is 1. The molecule has 2 fully saturated rings. The fourth-order valence-electron chi connectivity index (χ4n) is 5.29. The molecule has 1 amide bonds. The van der Waals surface area contributed by atoms with Crippen LogP contribution in [0.1, 0.15) is 60.5 Å². The molecule has 1 atom stereocenters. The second-order valence-corrected chi connectivity index (χ2v) is 10.1. The molecule has 202 valence electrons. The quantitative estimate of drug-likeness (QED) is 0.476. The predicted molar refractivity (Wildman–Crippen MR) is 115 cm³/mol. The summed E-state index contributed by atoms with van der Waals surface area (Å²) in [5, 5.41) is 20.4. The van der Waals surface area contributed by atoms with E-state index in [1.165, 1.54) is 4.90 Å². The van der Waals surface area contributed by atoms with E-state index >= 15 is 0 Å². The maximum atomic E-state index is 13.9. The molecule has 15 heteroatoms. The molecule has 1 spiro atoms. The molecule has 9 nitrogen and oxygen atoms in total. The molecular formula is C22H24F6N6O3. The molecule has 0 radical (unpaired) electrons. The highest BCUT2D eigenvalue weighted by atomic mass is 19.4. The van der Waals surface area contributed by atoms with Crippen LogP contribution in [0.2, 0.25) is 0 Å². The van der Waals surface area contributed by atoms with Crippen molar-refractivity contribution in [1.82, 2.24) is 25.4 Å². The molecule has 3 aliphatic rings. The van der Waals surface area contributed by atoms with E-state index < -0.39 is 64.7 Å². The number of hydrogen-bond acceptors (Lipinski definition) is 8. The molecular weight excluding hydrogens is 510 g/mol. The van der Waals surface area contributed by atoms with Gasteiger partial charge in [0.05, 0.1) is 11.3 Å². The Labute approximate surface area is 206 Å². The molecule has 1 unspecified atom stereocenters. The van der Waals surface area contributed by atoms with Crippen LogP contribution in [-0.2, 0) is 11.8 Å². The van der Waals surface area contributed by atoms with Crippen molar-refractivity contribution in [2.75, 3.05) is 25.4 Å². The Hall–Kier alpha value is -2.94. The van der Waals surface area contributed by atoms with Crippen molar-refractivity contribution in [2.45, 2.75) is 62.5 Å². The van der Waals surface area contributed by atoms with E-state index in [9.17, 15) is 36.2 Å². The van der Waals surface area contributed by atoms with E-state index in [1.54, 1.807) is 0 Å². The number of nitrogens with one attached hydrogen (secondary N) is 1. The van der Waals surface area contributed by atoms with Crippen LogP contribution in [0.5, 0.6) is 0 Å². The minimum absolute atomic E-state index is 0.0000477. The second kappa shape index (κ2) is 8.55. The summed E-state index contributed by atoms with van der Waals surface area (Å²) in [7, 11) is 0. The zero-order valence-electron chi connectivity index (χ0n) is 19.4. The number of aliphatic hydroxyl groups is 1. The minimum atomic E-state index is -5.17. The van der Waals surface area contributed by atoms with Gasteiger partial charge in [0.1, 0.15) is 5.69 Å². The Morgan fingerprint density at radius 2 is 1.78 bits per heavy atom. The second-order valence-electron chi connectivity index (χ2n) is 10.1. The van der Waals surface area contributed by atoms with E-state index in [4.69, 9.17) is 10.2 Å². The normalized spacial score (nSPS) is 24.9. The first-order valence-electron chi connectivity index (χ1n) is 11.8. The van der Waals surface area contributed by atoms with Gasteiger partial charge in [-0.3, -0.25) is 4.79 Å². The number of anilines is 1.